The number of halogens is 1. The molecule has 1 saturated carbocycles. The van der Waals surface area contributed by atoms with Gasteiger partial charge in [-0.1, -0.05) is 25.0 Å². The van der Waals surface area contributed by atoms with E-state index in [1.165, 1.54) is 18.6 Å². The molecule has 0 saturated heterocycles. The molecule has 3 heteroatoms. The SMILES string of the molecule is NCC1CCCCC1C(=O)Cc1cccc(F)c1. The maximum absolute atomic E-state index is 13.1. The van der Waals surface area contributed by atoms with E-state index in [2.05, 4.69) is 0 Å². The zero-order valence-corrected chi connectivity index (χ0v) is 10.6. The predicted octanol–water partition coefficient (Wildman–Crippen LogP) is 2.70. The third-order valence-corrected chi connectivity index (χ3v) is 3.89. The van der Waals surface area contributed by atoms with Crippen LogP contribution in [0.1, 0.15) is 31.2 Å². The third-order valence-electron chi connectivity index (χ3n) is 3.89. The van der Waals surface area contributed by atoms with Gasteiger partial charge in [-0.2, -0.15) is 0 Å². The first kappa shape index (κ1) is 13.2. The first-order valence-corrected chi connectivity index (χ1v) is 6.68. The lowest BCUT2D eigenvalue weighted by molar-refractivity contribution is -0.124. The first-order valence-electron chi connectivity index (χ1n) is 6.68. The first-order chi connectivity index (χ1) is 8.70. The van der Waals surface area contributed by atoms with Gasteiger partial charge in [0, 0.05) is 12.3 Å². The Balaban J connectivity index is 2.02. The van der Waals surface area contributed by atoms with Crippen molar-refractivity contribution in [1.82, 2.24) is 0 Å². The van der Waals surface area contributed by atoms with Gasteiger partial charge >= 0.3 is 0 Å². The van der Waals surface area contributed by atoms with Crippen LogP contribution in [-0.4, -0.2) is 12.3 Å². The summed E-state index contributed by atoms with van der Waals surface area (Å²) >= 11 is 0. The van der Waals surface area contributed by atoms with E-state index in [1.54, 1.807) is 12.1 Å². The number of carbonyl (C=O) groups is 1. The Hall–Kier alpha value is -1.22. The molecule has 0 radical (unpaired) electrons. The monoisotopic (exact) mass is 249 g/mol. The highest BCUT2D eigenvalue weighted by Gasteiger charge is 2.29. The number of benzene rings is 1. The number of ketones is 1. The average Bonchev–Trinajstić information content (AvgIpc) is 2.38. The minimum absolute atomic E-state index is 0.0759. The predicted molar refractivity (Wildman–Crippen MR) is 69.6 cm³/mol. The fourth-order valence-corrected chi connectivity index (χ4v) is 2.89. The van der Waals surface area contributed by atoms with Gasteiger partial charge in [0.05, 0.1) is 0 Å². The molecule has 18 heavy (non-hydrogen) atoms. The third kappa shape index (κ3) is 3.16. The molecule has 2 atom stereocenters. The second-order valence-corrected chi connectivity index (χ2v) is 5.16. The van der Waals surface area contributed by atoms with E-state index in [9.17, 15) is 9.18 Å². The number of Topliss-reactive ketones (excluding diaryl/α,β-unsaturated/α-hetero) is 1. The molecule has 1 aromatic rings. The summed E-state index contributed by atoms with van der Waals surface area (Å²) in [6, 6.07) is 6.30. The molecule has 1 fully saturated rings. The van der Waals surface area contributed by atoms with Crippen molar-refractivity contribution in [3.05, 3.63) is 35.6 Å². The molecule has 0 bridgehead atoms. The summed E-state index contributed by atoms with van der Waals surface area (Å²) in [4.78, 5) is 12.3. The van der Waals surface area contributed by atoms with Gasteiger partial charge < -0.3 is 5.73 Å². The maximum Gasteiger partial charge on any atom is 0.140 e. The van der Waals surface area contributed by atoms with Gasteiger partial charge in [-0.3, -0.25) is 4.79 Å². The van der Waals surface area contributed by atoms with Crippen molar-refractivity contribution in [2.24, 2.45) is 17.6 Å². The second-order valence-electron chi connectivity index (χ2n) is 5.16. The second kappa shape index (κ2) is 6.10. The molecule has 2 rings (SSSR count). The van der Waals surface area contributed by atoms with Crippen molar-refractivity contribution >= 4 is 5.78 Å². The zero-order chi connectivity index (χ0) is 13.0. The summed E-state index contributed by atoms with van der Waals surface area (Å²) in [5.74, 6) is 0.335. The van der Waals surface area contributed by atoms with Crippen LogP contribution in [-0.2, 0) is 11.2 Å². The molecule has 2 N–H and O–H groups in total. The topological polar surface area (TPSA) is 43.1 Å². The summed E-state index contributed by atoms with van der Waals surface area (Å²) in [5, 5.41) is 0. The standard InChI is InChI=1S/C15H20FNO/c16-13-6-3-4-11(8-13)9-15(18)14-7-2-1-5-12(14)10-17/h3-4,6,8,12,14H,1-2,5,7,9-10,17H2. The van der Waals surface area contributed by atoms with Gasteiger partial charge in [0.25, 0.3) is 0 Å². The number of hydrogen-bond donors (Lipinski definition) is 1. The van der Waals surface area contributed by atoms with Crippen molar-refractivity contribution in [2.45, 2.75) is 32.1 Å². The highest BCUT2D eigenvalue weighted by molar-refractivity contribution is 5.83. The van der Waals surface area contributed by atoms with Crippen LogP contribution >= 0.6 is 0 Å². The smallest absolute Gasteiger partial charge is 0.140 e. The van der Waals surface area contributed by atoms with E-state index in [-0.39, 0.29) is 17.5 Å². The van der Waals surface area contributed by atoms with Gasteiger partial charge in [0.15, 0.2) is 0 Å². The highest BCUT2D eigenvalue weighted by Crippen LogP contribution is 2.30. The van der Waals surface area contributed by atoms with Crippen molar-refractivity contribution in [1.29, 1.82) is 0 Å². The molecule has 0 amide bonds. The van der Waals surface area contributed by atoms with Crippen LogP contribution in [0, 0.1) is 17.7 Å². The molecule has 1 aliphatic rings. The lowest BCUT2D eigenvalue weighted by Crippen LogP contribution is -2.33. The lowest BCUT2D eigenvalue weighted by atomic mass is 9.76. The van der Waals surface area contributed by atoms with Gasteiger partial charge in [0.2, 0.25) is 0 Å². The van der Waals surface area contributed by atoms with E-state index in [1.807, 2.05) is 0 Å². The number of hydrogen-bond acceptors (Lipinski definition) is 2. The molecular weight excluding hydrogens is 229 g/mol. The van der Waals surface area contributed by atoms with Crippen LogP contribution in [0.15, 0.2) is 24.3 Å². The summed E-state index contributed by atoms with van der Waals surface area (Å²) in [5.41, 5.74) is 6.50. The van der Waals surface area contributed by atoms with E-state index in [4.69, 9.17) is 5.73 Å². The fraction of sp³-hybridized carbons (Fsp3) is 0.533. The van der Waals surface area contributed by atoms with Gasteiger partial charge in [-0.25, -0.2) is 4.39 Å². The molecule has 1 aromatic carbocycles. The molecule has 2 unspecified atom stereocenters. The van der Waals surface area contributed by atoms with Crippen molar-refractivity contribution < 1.29 is 9.18 Å². The Morgan fingerprint density at radius 2 is 2.11 bits per heavy atom. The minimum atomic E-state index is -0.278. The minimum Gasteiger partial charge on any atom is -0.330 e. The number of carbonyl (C=O) groups excluding carboxylic acids is 1. The normalized spacial score (nSPS) is 23.9. The quantitative estimate of drug-likeness (QED) is 0.891. The largest absolute Gasteiger partial charge is 0.330 e. The van der Waals surface area contributed by atoms with Crippen molar-refractivity contribution in [3.8, 4) is 0 Å². The molecular formula is C15H20FNO. The molecule has 0 aliphatic heterocycles. The van der Waals surface area contributed by atoms with Crippen molar-refractivity contribution in [2.75, 3.05) is 6.54 Å². The number of nitrogens with two attached hydrogens (primary N) is 1. The number of rotatable bonds is 4. The maximum atomic E-state index is 13.1. The fourth-order valence-electron chi connectivity index (χ4n) is 2.89. The Kier molecular flexibility index (Phi) is 4.48. The molecule has 0 aromatic heterocycles. The van der Waals surface area contributed by atoms with Crippen LogP contribution in [0.4, 0.5) is 4.39 Å². The van der Waals surface area contributed by atoms with E-state index >= 15 is 0 Å². The summed E-state index contributed by atoms with van der Waals surface area (Å²) in [6.45, 7) is 0.583. The zero-order valence-electron chi connectivity index (χ0n) is 10.6. The Bertz CT molecular complexity index is 419. The molecule has 98 valence electrons. The van der Waals surface area contributed by atoms with Crippen LogP contribution in [0.2, 0.25) is 0 Å². The average molecular weight is 249 g/mol. The van der Waals surface area contributed by atoms with E-state index in [0.29, 0.717) is 18.9 Å². The molecule has 0 heterocycles. The van der Waals surface area contributed by atoms with Crippen LogP contribution < -0.4 is 5.73 Å². The van der Waals surface area contributed by atoms with Gasteiger partial charge in [-0.15, -0.1) is 0 Å². The van der Waals surface area contributed by atoms with Crippen LogP contribution in [0.3, 0.4) is 0 Å². The molecule has 2 nitrogen and oxygen atoms in total. The summed E-state index contributed by atoms with van der Waals surface area (Å²) in [7, 11) is 0. The van der Waals surface area contributed by atoms with Crippen molar-refractivity contribution in [3.63, 3.8) is 0 Å². The Morgan fingerprint density at radius 1 is 1.33 bits per heavy atom. The lowest BCUT2D eigenvalue weighted by Gasteiger charge is -2.29. The summed E-state index contributed by atoms with van der Waals surface area (Å²) < 4.78 is 13.1. The Labute approximate surface area is 107 Å². The molecule has 1 aliphatic carbocycles. The van der Waals surface area contributed by atoms with Gasteiger partial charge in [0.1, 0.15) is 11.6 Å². The summed E-state index contributed by atoms with van der Waals surface area (Å²) in [6.07, 6.45) is 4.60. The highest BCUT2D eigenvalue weighted by atomic mass is 19.1. The Morgan fingerprint density at radius 3 is 2.83 bits per heavy atom. The van der Waals surface area contributed by atoms with Crippen LogP contribution in [0.25, 0.3) is 0 Å². The van der Waals surface area contributed by atoms with E-state index in [0.717, 1.165) is 24.8 Å². The molecule has 0 spiro atoms. The van der Waals surface area contributed by atoms with Gasteiger partial charge in [-0.05, 0) is 43.0 Å². The van der Waals surface area contributed by atoms with Crippen LogP contribution in [0.5, 0.6) is 0 Å². The van der Waals surface area contributed by atoms with E-state index < -0.39 is 0 Å².